The molecule has 1 atom stereocenters. The summed E-state index contributed by atoms with van der Waals surface area (Å²) in [7, 11) is -3.08. The maximum atomic E-state index is 11.6. The third-order valence-electron chi connectivity index (χ3n) is 3.41. The lowest BCUT2D eigenvalue weighted by Gasteiger charge is -2.05. The van der Waals surface area contributed by atoms with Crippen LogP contribution in [0, 0.1) is 0 Å². The predicted molar refractivity (Wildman–Crippen MR) is 79.3 cm³/mol. The molecule has 0 spiro atoms. The Morgan fingerprint density at radius 3 is 2.47 bits per heavy atom. The number of hydrogen-bond acceptors (Lipinski definition) is 5. The second-order valence-electron chi connectivity index (χ2n) is 5.64. The molecule has 0 aliphatic heterocycles. The summed E-state index contributed by atoms with van der Waals surface area (Å²) in [5, 5.41) is 3.69. The first-order chi connectivity index (χ1) is 8.79. The average molecular weight is 302 g/mol. The minimum Gasteiger partial charge on any atom is -0.309 e. The summed E-state index contributed by atoms with van der Waals surface area (Å²) >= 11 is 1.54. The van der Waals surface area contributed by atoms with Crippen LogP contribution in [0.15, 0.2) is 0 Å². The van der Waals surface area contributed by atoms with Gasteiger partial charge in [0.05, 0.1) is 5.69 Å². The van der Waals surface area contributed by atoms with Crippen LogP contribution in [0.3, 0.4) is 0 Å². The van der Waals surface area contributed by atoms with E-state index in [-0.39, 0.29) is 0 Å². The van der Waals surface area contributed by atoms with Crippen LogP contribution in [-0.4, -0.2) is 25.7 Å². The fraction of sp³-hybridized carbons (Fsp3) is 0.769. The number of aromatic nitrogens is 1. The zero-order chi connectivity index (χ0) is 14.2. The molecule has 2 rings (SSSR count). The Balaban J connectivity index is 2.23. The molecule has 1 aromatic heterocycles. The second-order valence-corrected chi connectivity index (χ2v) is 9.12. The van der Waals surface area contributed by atoms with Crippen molar-refractivity contribution < 1.29 is 8.42 Å². The van der Waals surface area contributed by atoms with E-state index in [0.29, 0.717) is 12.0 Å². The largest absolute Gasteiger partial charge is 0.309 e. The molecule has 1 heterocycles. The Hall–Kier alpha value is -0.460. The monoisotopic (exact) mass is 302 g/mol. The Morgan fingerprint density at radius 1 is 1.37 bits per heavy atom. The Kier molecular flexibility index (Phi) is 4.32. The third kappa shape index (κ3) is 3.77. The molecule has 1 aromatic rings. The van der Waals surface area contributed by atoms with E-state index >= 15 is 0 Å². The topological polar surface area (TPSA) is 59.1 Å². The van der Waals surface area contributed by atoms with Gasteiger partial charge in [-0.1, -0.05) is 13.8 Å². The van der Waals surface area contributed by atoms with Gasteiger partial charge in [-0.3, -0.25) is 0 Å². The van der Waals surface area contributed by atoms with E-state index in [4.69, 9.17) is 0 Å². The molecule has 1 saturated carbocycles. The molecular weight excluding hydrogens is 280 g/mol. The molecule has 0 aromatic carbocycles. The molecule has 1 fully saturated rings. The summed E-state index contributed by atoms with van der Waals surface area (Å²) in [4.78, 5) is 5.76. The fourth-order valence-electron chi connectivity index (χ4n) is 1.84. The first-order valence-corrected chi connectivity index (χ1v) is 9.48. The molecule has 0 saturated heterocycles. The summed E-state index contributed by atoms with van der Waals surface area (Å²) < 4.78 is 23.3. The minimum atomic E-state index is -3.08. The molecule has 4 nitrogen and oxygen atoms in total. The highest BCUT2D eigenvalue weighted by atomic mass is 32.2. The summed E-state index contributed by atoms with van der Waals surface area (Å²) in [5.41, 5.74) is 1.05. The van der Waals surface area contributed by atoms with E-state index in [1.165, 1.54) is 35.3 Å². The normalized spacial score (nSPS) is 17.9. The molecule has 0 bridgehead atoms. The van der Waals surface area contributed by atoms with Crippen molar-refractivity contribution in [3.8, 4) is 0 Å². The first kappa shape index (κ1) is 14.9. The van der Waals surface area contributed by atoms with Crippen LogP contribution in [0.25, 0.3) is 0 Å². The van der Waals surface area contributed by atoms with Gasteiger partial charge in [0, 0.05) is 23.7 Å². The van der Waals surface area contributed by atoms with Gasteiger partial charge in [-0.15, -0.1) is 11.3 Å². The smallest absolute Gasteiger partial charge is 0.156 e. The lowest BCUT2D eigenvalue weighted by atomic mass is 10.1. The van der Waals surface area contributed by atoms with Crippen LogP contribution in [0.2, 0.25) is 0 Å². The molecule has 6 heteroatoms. The van der Waals surface area contributed by atoms with Gasteiger partial charge in [0.1, 0.15) is 10.3 Å². The van der Waals surface area contributed by atoms with Crippen molar-refractivity contribution >= 4 is 21.2 Å². The Morgan fingerprint density at radius 2 is 2.00 bits per heavy atom. The van der Waals surface area contributed by atoms with E-state index in [9.17, 15) is 8.42 Å². The highest BCUT2D eigenvalue weighted by Crippen LogP contribution is 2.32. The molecule has 1 unspecified atom stereocenters. The van der Waals surface area contributed by atoms with Crippen LogP contribution < -0.4 is 5.32 Å². The molecule has 1 aliphatic rings. The van der Waals surface area contributed by atoms with Crippen LogP contribution in [0.1, 0.15) is 60.4 Å². The lowest BCUT2D eigenvalue weighted by Crippen LogP contribution is -2.15. The summed E-state index contributed by atoms with van der Waals surface area (Å²) in [5.74, 6) is 0.327. The van der Waals surface area contributed by atoms with Gasteiger partial charge in [-0.25, -0.2) is 13.4 Å². The van der Waals surface area contributed by atoms with Crippen LogP contribution in [0.4, 0.5) is 0 Å². The zero-order valence-electron chi connectivity index (χ0n) is 11.9. The summed E-state index contributed by atoms with van der Waals surface area (Å²) in [6, 6.07) is 0.651. The van der Waals surface area contributed by atoms with Crippen molar-refractivity contribution in [3.05, 3.63) is 15.6 Å². The number of thiazole rings is 1. The average Bonchev–Trinajstić information content (AvgIpc) is 3.02. The second kappa shape index (κ2) is 5.50. The van der Waals surface area contributed by atoms with Gasteiger partial charge in [0.25, 0.3) is 0 Å². The van der Waals surface area contributed by atoms with E-state index in [2.05, 4.69) is 24.1 Å². The molecular formula is C13H22N2O2S2. The zero-order valence-corrected chi connectivity index (χ0v) is 13.6. The quantitative estimate of drug-likeness (QED) is 0.877. The molecule has 0 radical (unpaired) electrons. The highest BCUT2D eigenvalue weighted by Gasteiger charge is 2.26. The summed E-state index contributed by atoms with van der Waals surface area (Å²) in [6.07, 6.45) is 3.78. The summed E-state index contributed by atoms with van der Waals surface area (Å²) in [6.45, 7) is 6.73. The molecule has 108 valence electrons. The minimum absolute atomic E-state index is 0.327. The first-order valence-electron chi connectivity index (χ1n) is 6.70. The number of sulfone groups is 1. The van der Waals surface area contributed by atoms with E-state index in [1.807, 2.05) is 0 Å². The number of hydrogen-bond donors (Lipinski definition) is 1. The third-order valence-corrected chi connectivity index (χ3v) is 6.32. The van der Waals surface area contributed by atoms with E-state index < -0.39 is 15.1 Å². The van der Waals surface area contributed by atoms with Crippen molar-refractivity contribution in [3.63, 3.8) is 0 Å². The number of rotatable bonds is 6. The van der Waals surface area contributed by atoms with Gasteiger partial charge < -0.3 is 5.32 Å². The van der Waals surface area contributed by atoms with Gasteiger partial charge >= 0.3 is 0 Å². The van der Waals surface area contributed by atoms with Gasteiger partial charge in [-0.2, -0.15) is 0 Å². The SMILES string of the molecule is CC(C)c1nc(C(C)S(C)(=O)=O)sc1CNC1CC1. The predicted octanol–water partition coefficient (Wildman–Crippen LogP) is 2.62. The Bertz CT molecular complexity index is 545. The lowest BCUT2D eigenvalue weighted by molar-refractivity contribution is 0.591. The van der Waals surface area contributed by atoms with Crippen LogP contribution in [0.5, 0.6) is 0 Å². The highest BCUT2D eigenvalue weighted by molar-refractivity contribution is 7.91. The molecule has 1 aliphatic carbocycles. The van der Waals surface area contributed by atoms with Crippen molar-refractivity contribution in [1.29, 1.82) is 0 Å². The van der Waals surface area contributed by atoms with Gasteiger partial charge in [0.2, 0.25) is 0 Å². The van der Waals surface area contributed by atoms with Crippen molar-refractivity contribution in [2.75, 3.05) is 6.26 Å². The standard InChI is InChI=1S/C13H22N2O2S2/c1-8(2)12-11(7-14-10-5-6-10)18-13(15-12)9(3)19(4,16)17/h8-10,14H,5-7H2,1-4H3. The maximum Gasteiger partial charge on any atom is 0.156 e. The molecule has 19 heavy (non-hydrogen) atoms. The van der Waals surface area contributed by atoms with Crippen LogP contribution in [-0.2, 0) is 16.4 Å². The van der Waals surface area contributed by atoms with Gasteiger partial charge in [-0.05, 0) is 25.7 Å². The van der Waals surface area contributed by atoms with Crippen molar-refractivity contribution in [2.24, 2.45) is 0 Å². The fourth-order valence-corrected chi connectivity index (χ4v) is 4.03. The molecule has 0 amide bonds. The number of nitrogens with zero attached hydrogens (tertiary/aromatic N) is 1. The number of nitrogens with one attached hydrogen (secondary N) is 1. The van der Waals surface area contributed by atoms with Crippen molar-refractivity contribution in [2.45, 2.75) is 57.4 Å². The maximum absolute atomic E-state index is 11.6. The Labute approximate surface area is 119 Å². The van der Waals surface area contributed by atoms with E-state index in [1.54, 1.807) is 6.92 Å². The van der Waals surface area contributed by atoms with Gasteiger partial charge in [0.15, 0.2) is 9.84 Å². The van der Waals surface area contributed by atoms with Crippen LogP contribution >= 0.6 is 11.3 Å². The van der Waals surface area contributed by atoms with Crippen molar-refractivity contribution in [1.82, 2.24) is 10.3 Å². The van der Waals surface area contributed by atoms with E-state index in [0.717, 1.165) is 17.2 Å². The molecule has 1 N–H and O–H groups in total.